The molecular formula is C23H14Cl2F3N7O2. The van der Waals surface area contributed by atoms with E-state index in [0.29, 0.717) is 38.7 Å². The minimum atomic E-state index is -4.74. The molecule has 0 spiro atoms. The second-order valence-corrected chi connectivity index (χ2v) is 8.77. The highest BCUT2D eigenvalue weighted by atomic mass is 35.5. The molecule has 37 heavy (non-hydrogen) atoms. The van der Waals surface area contributed by atoms with Gasteiger partial charge >= 0.3 is 6.18 Å². The average molecular weight is 548 g/mol. The van der Waals surface area contributed by atoms with Crippen molar-refractivity contribution in [3.05, 3.63) is 81.0 Å². The van der Waals surface area contributed by atoms with Crippen LogP contribution in [0.4, 0.5) is 18.9 Å². The highest BCUT2D eigenvalue weighted by Gasteiger charge is 2.37. The van der Waals surface area contributed by atoms with Crippen LogP contribution < -0.4 is 0 Å². The molecule has 0 saturated heterocycles. The zero-order valence-electron chi connectivity index (χ0n) is 18.7. The predicted octanol–water partition coefficient (Wildman–Crippen LogP) is 5.16. The molecule has 1 unspecified atom stereocenters. The first-order chi connectivity index (χ1) is 17.6. The molecule has 0 fully saturated rings. The van der Waals surface area contributed by atoms with Gasteiger partial charge in [-0.25, -0.2) is 15.0 Å². The number of nitrogens with zero attached hydrogens (tertiary/aromatic N) is 7. The number of rotatable bonds is 5. The third-order valence-electron chi connectivity index (χ3n) is 5.36. The van der Waals surface area contributed by atoms with Gasteiger partial charge in [0.15, 0.2) is 18.2 Å². The Morgan fingerprint density at radius 3 is 2.65 bits per heavy atom. The average Bonchev–Trinajstić information content (AvgIpc) is 3.33. The molecule has 0 aliphatic carbocycles. The number of fused-ring (bicyclic) bond motifs is 1. The van der Waals surface area contributed by atoms with Crippen molar-refractivity contribution in [1.29, 1.82) is 0 Å². The van der Waals surface area contributed by atoms with Gasteiger partial charge in [0.1, 0.15) is 6.54 Å². The van der Waals surface area contributed by atoms with Gasteiger partial charge in [-0.15, -0.1) is 10.2 Å². The number of carbonyl (C=O) groups is 1. The van der Waals surface area contributed by atoms with Crippen LogP contribution in [0.2, 0.25) is 10.0 Å². The van der Waals surface area contributed by atoms with Crippen LogP contribution in [0, 0.1) is 6.92 Å². The van der Waals surface area contributed by atoms with Gasteiger partial charge in [-0.05, 0) is 35.9 Å². The number of halogens is 5. The molecule has 0 saturated carbocycles. The van der Waals surface area contributed by atoms with Crippen LogP contribution in [0.5, 0.6) is 0 Å². The van der Waals surface area contributed by atoms with Gasteiger partial charge < -0.3 is 4.74 Å². The topological polar surface area (TPSA) is 108 Å². The summed E-state index contributed by atoms with van der Waals surface area (Å²) >= 11 is 12.6. The number of aliphatic imine (C=N–C) groups is 1. The summed E-state index contributed by atoms with van der Waals surface area (Å²) in [4.78, 5) is 26.0. The molecule has 1 aliphatic heterocycles. The van der Waals surface area contributed by atoms with Crippen molar-refractivity contribution in [2.45, 2.75) is 25.7 Å². The summed E-state index contributed by atoms with van der Waals surface area (Å²) in [5.74, 6) is -1.24. The molecule has 14 heteroatoms. The molecule has 1 aliphatic rings. The highest BCUT2D eigenvalue weighted by Crippen LogP contribution is 2.39. The largest absolute Gasteiger partial charge is 0.461 e. The highest BCUT2D eigenvalue weighted by molar-refractivity contribution is 6.33. The van der Waals surface area contributed by atoms with Gasteiger partial charge in [-0.3, -0.25) is 4.79 Å². The van der Waals surface area contributed by atoms with E-state index in [1.807, 2.05) is 0 Å². The number of aromatic nitrogens is 6. The number of hydrogen-bond acceptors (Lipinski definition) is 8. The summed E-state index contributed by atoms with van der Waals surface area (Å²) in [6.07, 6.45) is -3.71. The Kier molecular flexibility index (Phi) is 6.38. The molecule has 0 bridgehead atoms. The van der Waals surface area contributed by atoms with E-state index in [4.69, 9.17) is 27.9 Å². The van der Waals surface area contributed by atoms with Crippen molar-refractivity contribution < 1.29 is 22.7 Å². The summed E-state index contributed by atoms with van der Waals surface area (Å²) < 4.78 is 44.5. The zero-order chi connectivity index (χ0) is 26.3. The summed E-state index contributed by atoms with van der Waals surface area (Å²) in [5, 5.41) is 10.6. The van der Waals surface area contributed by atoms with Crippen molar-refractivity contribution in [2.75, 3.05) is 0 Å². The lowest BCUT2D eigenvalue weighted by molar-refractivity contribution is -0.145. The molecule has 2 aromatic carbocycles. The monoisotopic (exact) mass is 547 g/mol. The maximum absolute atomic E-state index is 12.9. The van der Waals surface area contributed by atoms with Gasteiger partial charge in [0.05, 0.1) is 16.9 Å². The minimum absolute atomic E-state index is 0.0646. The molecular weight excluding hydrogens is 534 g/mol. The van der Waals surface area contributed by atoms with E-state index in [-0.39, 0.29) is 24.0 Å². The number of tetrazole rings is 1. The van der Waals surface area contributed by atoms with Crippen molar-refractivity contribution in [3.8, 4) is 11.3 Å². The number of carbonyl (C=O) groups excluding carboxylic acids is 1. The van der Waals surface area contributed by atoms with Crippen molar-refractivity contribution in [3.63, 3.8) is 0 Å². The van der Waals surface area contributed by atoms with Crippen LogP contribution in [0.3, 0.4) is 0 Å². The maximum atomic E-state index is 12.9. The minimum Gasteiger partial charge on any atom is -0.461 e. The molecule has 0 amide bonds. The number of aldehydes is 1. The molecule has 0 N–H and O–H groups in total. The number of benzene rings is 2. The number of hydrogen-bond donors (Lipinski definition) is 0. The first kappa shape index (κ1) is 24.8. The van der Waals surface area contributed by atoms with E-state index in [1.54, 1.807) is 43.3 Å². The molecule has 0 radical (unpaired) electrons. The van der Waals surface area contributed by atoms with Crippen LogP contribution in [0.25, 0.3) is 11.3 Å². The smallest absolute Gasteiger partial charge is 0.455 e. The van der Waals surface area contributed by atoms with Gasteiger partial charge in [0, 0.05) is 27.4 Å². The van der Waals surface area contributed by atoms with Crippen molar-refractivity contribution in [2.24, 2.45) is 4.99 Å². The number of aryl methyl sites for hydroxylation is 1. The number of alkyl halides is 3. The fourth-order valence-corrected chi connectivity index (χ4v) is 4.23. The Morgan fingerprint density at radius 1 is 1.16 bits per heavy atom. The summed E-state index contributed by atoms with van der Waals surface area (Å²) in [7, 11) is 0. The first-order valence-corrected chi connectivity index (χ1v) is 11.4. The van der Waals surface area contributed by atoms with Gasteiger partial charge in [0.25, 0.3) is 5.82 Å². The SMILES string of the molecule is Cc1cc(Cl)cc2c1N=C(c1cnc(Cn3nnc(C(F)(F)F)n3)nc1-c1ccccc1Cl)OC2C=O. The van der Waals surface area contributed by atoms with E-state index >= 15 is 0 Å². The Bertz CT molecular complexity index is 1560. The maximum Gasteiger partial charge on any atom is 0.455 e. The fourth-order valence-electron chi connectivity index (χ4n) is 3.73. The molecule has 4 aromatic rings. The molecule has 2 aromatic heterocycles. The molecule has 3 heterocycles. The quantitative estimate of drug-likeness (QED) is 0.317. The first-order valence-electron chi connectivity index (χ1n) is 10.6. The predicted molar refractivity (Wildman–Crippen MR) is 127 cm³/mol. The molecule has 1 atom stereocenters. The molecule has 9 nitrogen and oxygen atoms in total. The Labute approximate surface area is 216 Å². The normalized spacial score (nSPS) is 15.1. The Balaban J connectivity index is 1.62. The standard InChI is InChI=1S/C23H14Cl2F3N7O2/c1-11-6-12(24)7-14-17(10-36)37-21(31-19(11)14)15-8-29-18(9-35-33-22(32-34-35)23(26,27)28)30-20(15)13-4-2-3-5-16(13)25/h2-8,10,17H,9H2,1H3. The van der Waals surface area contributed by atoms with Crippen LogP contribution in [0.1, 0.15) is 34.4 Å². The lowest BCUT2D eigenvalue weighted by Crippen LogP contribution is -2.20. The lowest BCUT2D eigenvalue weighted by Gasteiger charge is -2.24. The summed E-state index contributed by atoms with van der Waals surface area (Å²) in [5.41, 5.74) is 2.83. The van der Waals surface area contributed by atoms with Crippen LogP contribution >= 0.6 is 23.2 Å². The third-order valence-corrected chi connectivity index (χ3v) is 5.91. The van der Waals surface area contributed by atoms with Crippen molar-refractivity contribution in [1.82, 2.24) is 30.2 Å². The van der Waals surface area contributed by atoms with Crippen LogP contribution in [-0.2, 0) is 22.3 Å². The van der Waals surface area contributed by atoms with E-state index < -0.39 is 18.1 Å². The number of ether oxygens (including phenoxy) is 1. The molecule has 188 valence electrons. The van der Waals surface area contributed by atoms with E-state index in [2.05, 4.69) is 30.4 Å². The van der Waals surface area contributed by atoms with Crippen molar-refractivity contribution >= 4 is 41.1 Å². The summed E-state index contributed by atoms with van der Waals surface area (Å²) in [6, 6.07) is 10.1. The fraction of sp³-hybridized carbons (Fsp3) is 0.174. The zero-order valence-corrected chi connectivity index (χ0v) is 20.3. The van der Waals surface area contributed by atoms with E-state index in [0.717, 1.165) is 10.4 Å². The Hall–Kier alpha value is -3.90. The van der Waals surface area contributed by atoms with E-state index in [1.165, 1.54) is 6.20 Å². The third kappa shape index (κ3) is 4.89. The van der Waals surface area contributed by atoms with Gasteiger partial charge in [-0.2, -0.15) is 18.0 Å². The van der Waals surface area contributed by atoms with Crippen LogP contribution in [0.15, 0.2) is 47.6 Å². The lowest BCUT2D eigenvalue weighted by atomic mass is 10.0. The van der Waals surface area contributed by atoms with Gasteiger partial charge in [-0.1, -0.05) is 41.4 Å². The van der Waals surface area contributed by atoms with E-state index in [9.17, 15) is 18.0 Å². The Morgan fingerprint density at radius 2 is 1.95 bits per heavy atom. The summed E-state index contributed by atoms with van der Waals surface area (Å²) in [6.45, 7) is 1.50. The molecule has 5 rings (SSSR count). The second-order valence-electron chi connectivity index (χ2n) is 7.92. The van der Waals surface area contributed by atoms with Crippen LogP contribution in [-0.4, -0.2) is 42.4 Å². The van der Waals surface area contributed by atoms with Gasteiger partial charge in [0.2, 0.25) is 5.90 Å². The second kappa shape index (κ2) is 9.52.